The predicted molar refractivity (Wildman–Crippen MR) is 93.9 cm³/mol. The Morgan fingerprint density at radius 1 is 1.07 bits per heavy atom. The number of halogens is 3. The number of rotatable bonds is 3. The largest absolute Gasteiger partial charge is 0.419 e. The molecule has 0 amide bonds. The zero-order valence-electron chi connectivity index (χ0n) is 14.4. The van der Waals surface area contributed by atoms with Crippen LogP contribution in [0.4, 0.5) is 19.0 Å². The van der Waals surface area contributed by atoms with Crippen molar-refractivity contribution in [2.75, 3.05) is 32.0 Å². The number of nitrogen functional groups attached to an aromatic ring is 1. The van der Waals surface area contributed by atoms with Crippen molar-refractivity contribution in [3.63, 3.8) is 0 Å². The lowest BCUT2D eigenvalue weighted by Crippen LogP contribution is -2.35. The number of morpholine rings is 1. The van der Waals surface area contributed by atoms with E-state index in [0.717, 1.165) is 30.5 Å². The third kappa shape index (κ3) is 3.60. The number of hydrogen-bond donors (Lipinski definition) is 1. The summed E-state index contributed by atoms with van der Waals surface area (Å²) in [4.78, 5) is 10.4. The van der Waals surface area contributed by atoms with Gasteiger partial charge in [-0.15, -0.1) is 0 Å². The first-order valence-corrected chi connectivity index (χ1v) is 8.51. The average molecular weight is 377 g/mol. The van der Waals surface area contributed by atoms with Crippen molar-refractivity contribution < 1.29 is 17.9 Å². The highest BCUT2D eigenvalue weighted by molar-refractivity contribution is 5.66. The summed E-state index contributed by atoms with van der Waals surface area (Å²) in [5.74, 6) is -0.525. The summed E-state index contributed by atoms with van der Waals surface area (Å²) in [7, 11) is 0. The van der Waals surface area contributed by atoms with Gasteiger partial charge in [-0.2, -0.15) is 13.2 Å². The van der Waals surface area contributed by atoms with Gasteiger partial charge in [0.25, 0.3) is 0 Å². The molecule has 0 unspecified atom stereocenters. The molecule has 0 aromatic carbocycles. The molecule has 4 rings (SSSR count). The lowest BCUT2D eigenvalue weighted by molar-refractivity contribution is -0.137. The van der Waals surface area contributed by atoms with Crippen molar-refractivity contribution in [2.24, 2.45) is 0 Å². The lowest BCUT2D eigenvalue weighted by Gasteiger charge is -2.26. The quantitative estimate of drug-likeness (QED) is 0.760. The number of aromatic nitrogens is 3. The molecule has 1 aliphatic heterocycles. The van der Waals surface area contributed by atoms with Gasteiger partial charge in [0.2, 0.25) is 0 Å². The second-order valence-corrected chi connectivity index (χ2v) is 6.44. The molecule has 0 bridgehead atoms. The maximum atomic E-state index is 13.1. The first-order chi connectivity index (χ1) is 12.9. The van der Waals surface area contributed by atoms with Crippen LogP contribution in [0.15, 0.2) is 36.8 Å². The minimum atomic E-state index is -4.55. The third-order valence-corrected chi connectivity index (χ3v) is 4.63. The second-order valence-electron chi connectivity index (χ2n) is 6.44. The molecule has 6 nitrogen and oxygen atoms in total. The molecule has 1 aliphatic rings. The number of fused-ring (bicyclic) bond motifs is 1. The Morgan fingerprint density at radius 3 is 2.59 bits per heavy atom. The number of nitrogens with two attached hydrogens (primary N) is 1. The van der Waals surface area contributed by atoms with E-state index in [0.29, 0.717) is 30.9 Å². The van der Waals surface area contributed by atoms with Crippen molar-refractivity contribution in [1.29, 1.82) is 0 Å². The van der Waals surface area contributed by atoms with Gasteiger partial charge in [0.15, 0.2) is 0 Å². The molecule has 0 radical (unpaired) electrons. The number of nitrogens with zero attached hydrogens (tertiary/aromatic N) is 4. The molecular weight excluding hydrogens is 359 g/mol. The Bertz CT molecular complexity index is 963. The smallest absolute Gasteiger partial charge is 0.383 e. The van der Waals surface area contributed by atoms with E-state index in [9.17, 15) is 13.2 Å². The average Bonchev–Trinajstić information content (AvgIpc) is 3.04. The van der Waals surface area contributed by atoms with Gasteiger partial charge >= 0.3 is 6.18 Å². The molecule has 4 heterocycles. The second kappa shape index (κ2) is 6.82. The molecular formula is C18H18F3N5O. The van der Waals surface area contributed by atoms with Gasteiger partial charge in [-0.25, -0.2) is 9.97 Å². The molecule has 0 atom stereocenters. The van der Waals surface area contributed by atoms with E-state index in [4.69, 9.17) is 10.5 Å². The van der Waals surface area contributed by atoms with Crippen LogP contribution in [0.5, 0.6) is 0 Å². The first-order valence-electron chi connectivity index (χ1n) is 8.51. The van der Waals surface area contributed by atoms with E-state index < -0.39 is 17.6 Å². The van der Waals surface area contributed by atoms with Crippen LogP contribution >= 0.6 is 0 Å². The maximum Gasteiger partial charge on any atom is 0.419 e. The number of pyridine rings is 2. The van der Waals surface area contributed by atoms with E-state index in [-0.39, 0.29) is 0 Å². The van der Waals surface area contributed by atoms with E-state index in [1.54, 1.807) is 24.5 Å². The SMILES string of the molecule is Nc1ncc(-c2ccc3ncc(CN4CCOCC4)n3c2)cc1C(F)(F)F. The molecule has 2 N–H and O–H groups in total. The molecule has 9 heteroatoms. The maximum absolute atomic E-state index is 13.1. The van der Waals surface area contributed by atoms with E-state index in [1.807, 2.05) is 4.40 Å². The number of imidazole rings is 1. The van der Waals surface area contributed by atoms with Gasteiger partial charge in [-0.1, -0.05) is 0 Å². The molecule has 0 aliphatic carbocycles. The standard InChI is InChI=1S/C18H18F3N5O/c19-18(20,21)15-7-13(8-24-17(15)22)12-1-2-16-23-9-14(26(16)10-12)11-25-3-5-27-6-4-25/h1-2,7-10H,3-6,11H2,(H2,22,24). The molecule has 3 aromatic rings. The Kier molecular flexibility index (Phi) is 4.48. The van der Waals surface area contributed by atoms with Crippen LogP contribution in [0.3, 0.4) is 0 Å². The van der Waals surface area contributed by atoms with Crippen LogP contribution in [0.2, 0.25) is 0 Å². The Balaban J connectivity index is 1.70. The molecule has 0 saturated carbocycles. The Hall–Kier alpha value is -2.65. The topological polar surface area (TPSA) is 68.7 Å². The monoisotopic (exact) mass is 377 g/mol. The van der Waals surface area contributed by atoms with Crippen LogP contribution in [-0.4, -0.2) is 45.6 Å². The number of alkyl halides is 3. The third-order valence-electron chi connectivity index (χ3n) is 4.63. The molecule has 27 heavy (non-hydrogen) atoms. The fourth-order valence-corrected chi connectivity index (χ4v) is 3.17. The predicted octanol–water partition coefficient (Wildman–Crippen LogP) is 2.83. The summed E-state index contributed by atoms with van der Waals surface area (Å²) < 4.78 is 46.6. The zero-order chi connectivity index (χ0) is 19.0. The summed E-state index contributed by atoms with van der Waals surface area (Å²) in [5.41, 5.74) is 7.13. The van der Waals surface area contributed by atoms with Crippen LogP contribution in [0.1, 0.15) is 11.3 Å². The van der Waals surface area contributed by atoms with Crippen molar-refractivity contribution >= 4 is 11.5 Å². The van der Waals surface area contributed by atoms with E-state index in [2.05, 4.69) is 14.9 Å². The molecule has 0 spiro atoms. The molecule has 1 saturated heterocycles. The molecule has 3 aromatic heterocycles. The van der Waals surface area contributed by atoms with E-state index >= 15 is 0 Å². The van der Waals surface area contributed by atoms with Gasteiger partial charge in [0, 0.05) is 43.2 Å². The van der Waals surface area contributed by atoms with Gasteiger partial charge in [0.1, 0.15) is 11.5 Å². The Morgan fingerprint density at radius 2 is 1.85 bits per heavy atom. The van der Waals surface area contributed by atoms with Crippen LogP contribution in [0.25, 0.3) is 16.8 Å². The summed E-state index contributed by atoms with van der Waals surface area (Å²) in [5, 5.41) is 0. The fourth-order valence-electron chi connectivity index (χ4n) is 3.17. The van der Waals surface area contributed by atoms with Crippen molar-refractivity contribution in [1.82, 2.24) is 19.3 Å². The summed E-state index contributed by atoms with van der Waals surface area (Å²) in [6, 6.07) is 4.54. The van der Waals surface area contributed by atoms with Gasteiger partial charge < -0.3 is 14.9 Å². The Labute approximate surface area is 153 Å². The summed E-state index contributed by atoms with van der Waals surface area (Å²) >= 11 is 0. The van der Waals surface area contributed by atoms with Gasteiger partial charge in [-0.3, -0.25) is 4.90 Å². The van der Waals surface area contributed by atoms with Crippen LogP contribution < -0.4 is 5.73 Å². The summed E-state index contributed by atoms with van der Waals surface area (Å²) in [6.07, 6.45) is 0.375. The van der Waals surface area contributed by atoms with Gasteiger partial charge in [0.05, 0.1) is 30.7 Å². The number of hydrogen-bond acceptors (Lipinski definition) is 5. The lowest BCUT2D eigenvalue weighted by atomic mass is 10.1. The van der Waals surface area contributed by atoms with Crippen molar-refractivity contribution in [3.8, 4) is 11.1 Å². The normalized spacial score (nSPS) is 16.1. The minimum absolute atomic E-state index is 0.351. The highest BCUT2D eigenvalue weighted by Gasteiger charge is 2.34. The highest BCUT2D eigenvalue weighted by atomic mass is 19.4. The fraction of sp³-hybridized carbons (Fsp3) is 0.333. The first kappa shape index (κ1) is 17.7. The van der Waals surface area contributed by atoms with Crippen LogP contribution in [-0.2, 0) is 17.5 Å². The number of anilines is 1. The minimum Gasteiger partial charge on any atom is -0.383 e. The van der Waals surface area contributed by atoms with Crippen LogP contribution in [0, 0.1) is 0 Å². The molecule has 142 valence electrons. The molecule has 1 fully saturated rings. The van der Waals surface area contributed by atoms with Crippen molar-refractivity contribution in [3.05, 3.63) is 48.0 Å². The van der Waals surface area contributed by atoms with E-state index in [1.165, 1.54) is 6.20 Å². The summed E-state index contributed by atoms with van der Waals surface area (Å²) in [6.45, 7) is 3.76. The zero-order valence-corrected chi connectivity index (χ0v) is 14.4. The van der Waals surface area contributed by atoms with Gasteiger partial charge in [-0.05, 0) is 18.2 Å². The highest BCUT2D eigenvalue weighted by Crippen LogP contribution is 2.35. The number of ether oxygens (including phenoxy) is 1. The van der Waals surface area contributed by atoms with Crippen molar-refractivity contribution in [2.45, 2.75) is 12.7 Å².